The maximum absolute atomic E-state index is 11.7. The molecule has 0 spiro atoms. The number of hydrogen-bond acceptors (Lipinski definition) is 9. The second-order valence-corrected chi connectivity index (χ2v) is 10.3. The molecule has 11 nitrogen and oxygen atoms in total. The Morgan fingerprint density at radius 3 is 2.67 bits per heavy atom. The van der Waals surface area contributed by atoms with Gasteiger partial charge in [-0.25, -0.2) is 10.8 Å². The number of carboxylic acid groups (broad SMARTS) is 1. The zero-order valence-corrected chi connectivity index (χ0v) is 21.5. The van der Waals surface area contributed by atoms with Gasteiger partial charge in [-0.05, 0) is 40.2 Å². The minimum absolute atomic E-state index is 0.135. The topological polar surface area (TPSA) is 144 Å². The van der Waals surface area contributed by atoms with Crippen LogP contribution >= 0.6 is 0 Å². The number of ether oxygens (including phenoxy) is 2. The molecule has 5 rings (SSSR count). The van der Waals surface area contributed by atoms with E-state index in [0.29, 0.717) is 61.0 Å². The van der Waals surface area contributed by atoms with Gasteiger partial charge in [0.1, 0.15) is 17.0 Å². The second kappa shape index (κ2) is 9.98. The summed E-state index contributed by atoms with van der Waals surface area (Å²) in [5.74, 6) is 6.11. The highest BCUT2D eigenvalue weighted by atomic mass is 16.5. The summed E-state index contributed by atoms with van der Waals surface area (Å²) in [6.07, 6.45) is 7.48. The summed E-state index contributed by atoms with van der Waals surface area (Å²) in [6, 6.07) is 1.87. The summed E-state index contributed by atoms with van der Waals surface area (Å²) in [4.78, 5) is 18.6. The van der Waals surface area contributed by atoms with E-state index in [4.69, 9.17) is 26.1 Å². The third-order valence-electron chi connectivity index (χ3n) is 6.92. The Kier molecular flexibility index (Phi) is 7.14. The number of hydrogen-bond donors (Lipinski definition) is 3. The van der Waals surface area contributed by atoms with E-state index in [-0.39, 0.29) is 12.0 Å². The van der Waals surface area contributed by atoms with E-state index in [1.807, 2.05) is 32.9 Å². The van der Waals surface area contributed by atoms with Gasteiger partial charge in [0.05, 0.1) is 37.2 Å². The number of aliphatic carboxylic acids is 1. The molecule has 3 aliphatic rings. The number of aryl methyl sites for hydroxylation is 1. The molecule has 0 amide bonds. The van der Waals surface area contributed by atoms with Gasteiger partial charge in [-0.3, -0.25) is 4.79 Å². The lowest BCUT2D eigenvalue weighted by atomic mass is 9.93. The highest BCUT2D eigenvalue weighted by Crippen LogP contribution is 2.33. The van der Waals surface area contributed by atoms with E-state index < -0.39 is 11.6 Å². The van der Waals surface area contributed by atoms with E-state index in [0.717, 1.165) is 18.7 Å². The number of aromatic nitrogens is 3. The number of carbonyl (C=O) groups is 1. The maximum Gasteiger partial charge on any atom is 0.308 e. The van der Waals surface area contributed by atoms with Crippen LogP contribution in [0.3, 0.4) is 0 Å². The van der Waals surface area contributed by atoms with E-state index in [1.165, 1.54) is 5.01 Å². The molecule has 2 aromatic heterocycles. The summed E-state index contributed by atoms with van der Waals surface area (Å²) < 4.78 is 13.9. The third-order valence-corrected chi connectivity index (χ3v) is 6.92. The van der Waals surface area contributed by atoms with Gasteiger partial charge in [-0.2, -0.15) is 9.61 Å². The molecule has 0 saturated carbocycles. The quantitative estimate of drug-likeness (QED) is 0.526. The molecule has 1 fully saturated rings. The summed E-state index contributed by atoms with van der Waals surface area (Å²) >= 11 is 0. The second-order valence-electron chi connectivity index (χ2n) is 10.3. The standard InChI is InChI=1S/C25H37N7O4/c1-17-19(14-22(33)34)23-30-9-7-25(4,8-10-30)36-12-6-5-11-35-24(2,3)20(26)16-31(27)15-18-13-21(28-17)32(23)29-18/h6,12-13,16H,5,7-11,14-15,26-27H2,1-4H3,(H,33,34)/b12-6-,20-16-. The zero-order valence-electron chi connectivity index (χ0n) is 21.5. The lowest BCUT2D eigenvalue weighted by Crippen LogP contribution is -2.44. The fraction of sp³-hybridized carbons (Fsp3) is 0.560. The monoisotopic (exact) mass is 499 g/mol. The molecule has 4 bridgehead atoms. The Morgan fingerprint density at radius 2 is 1.97 bits per heavy atom. The van der Waals surface area contributed by atoms with Crippen molar-refractivity contribution in [3.8, 4) is 0 Å². The molecule has 5 heterocycles. The van der Waals surface area contributed by atoms with Crippen LogP contribution in [0.1, 0.15) is 57.0 Å². The molecule has 2 aromatic rings. The molecule has 11 heteroatoms. The van der Waals surface area contributed by atoms with Gasteiger partial charge in [0, 0.05) is 49.5 Å². The number of carboxylic acids is 1. The van der Waals surface area contributed by atoms with E-state index in [9.17, 15) is 9.90 Å². The highest BCUT2D eigenvalue weighted by molar-refractivity contribution is 5.74. The largest absolute Gasteiger partial charge is 0.495 e. The first-order valence-corrected chi connectivity index (χ1v) is 12.3. The van der Waals surface area contributed by atoms with E-state index >= 15 is 0 Å². The average molecular weight is 500 g/mol. The van der Waals surface area contributed by atoms with Crippen molar-refractivity contribution in [1.29, 1.82) is 0 Å². The van der Waals surface area contributed by atoms with Gasteiger partial charge >= 0.3 is 5.97 Å². The fourth-order valence-electron chi connectivity index (χ4n) is 4.57. The zero-order chi connectivity index (χ0) is 26.1. The molecule has 36 heavy (non-hydrogen) atoms. The lowest BCUT2D eigenvalue weighted by molar-refractivity contribution is -0.136. The van der Waals surface area contributed by atoms with Crippen LogP contribution in [-0.4, -0.2) is 61.6 Å². The molecule has 0 radical (unpaired) electrons. The van der Waals surface area contributed by atoms with Gasteiger partial charge in [0.25, 0.3) is 0 Å². The summed E-state index contributed by atoms with van der Waals surface area (Å²) in [5.41, 5.74) is 8.45. The van der Waals surface area contributed by atoms with Crippen LogP contribution in [0.5, 0.6) is 0 Å². The maximum atomic E-state index is 11.7. The number of hydrazine groups is 1. The Labute approximate surface area is 211 Å². The van der Waals surface area contributed by atoms with Crippen molar-refractivity contribution in [3.05, 3.63) is 47.3 Å². The van der Waals surface area contributed by atoms with Gasteiger partial charge in [0.2, 0.25) is 0 Å². The molecule has 0 atom stereocenters. The number of nitrogens with zero attached hydrogens (tertiary/aromatic N) is 5. The van der Waals surface area contributed by atoms with Crippen molar-refractivity contribution in [2.75, 3.05) is 24.6 Å². The number of fused-ring (bicyclic) bond motifs is 10. The lowest BCUT2D eigenvalue weighted by Gasteiger charge is -2.40. The first kappa shape index (κ1) is 25.8. The molecule has 5 N–H and O–H groups in total. The van der Waals surface area contributed by atoms with Crippen molar-refractivity contribution < 1.29 is 19.4 Å². The third kappa shape index (κ3) is 5.57. The minimum Gasteiger partial charge on any atom is -0.495 e. The molecule has 0 aliphatic carbocycles. The summed E-state index contributed by atoms with van der Waals surface area (Å²) in [5, 5.41) is 15.9. The predicted octanol–water partition coefficient (Wildman–Crippen LogP) is 2.23. The Hall–Kier alpha value is -3.31. The molecular formula is C25H37N7O4. The molecule has 1 saturated heterocycles. The normalized spacial score (nSPS) is 22.9. The average Bonchev–Trinajstić information content (AvgIpc) is 3.18. The van der Waals surface area contributed by atoms with Crippen molar-refractivity contribution >= 4 is 17.4 Å². The van der Waals surface area contributed by atoms with Crippen molar-refractivity contribution in [3.63, 3.8) is 0 Å². The van der Waals surface area contributed by atoms with E-state index in [1.54, 1.807) is 17.0 Å². The number of anilines is 1. The van der Waals surface area contributed by atoms with Gasteiger partial charge in [0.15, 0.2) is 5.65 Å². The van der Waals surface area contributed by atoms with E-state index in [2.05, 4.69) is 16.8 Å². The van der Waals surface area contributed by atoms with Crippen LogP contribution in [0.15, 0.2) is 30.3 Å². The molecule has 0 aromatic carbocycles. The van der Waals surface area contributed by atoms with Crippen LogP contribution in [0.25, 0.3) is 5.65 Å². The Balaban J connectivity index is 1.78. The van der Waals surface area contributed by atoms with Crippen LogP contribution < -0.4 is 16.5 Å². The van der Waals surface area contributed by atoms with Crippen LogP contribution in [-0.2, 0) is 27.2 Å². The first-order valence-electron chi connectivity index (χ1n) is 12.3. The Morgan fingerprint density at radius 1 is 1.25 bits per heavy atom. The smallest absolute Gasteiger partial charge is 0.308 e. The molecule has 3 aliphatic heterocycles. The fourth-order valence-corrected chi connectivity index (χ4v) is 4.57. The Bertz CT molecular complexity index is 1180. The number of nitrogens with two attached hydrogens (primary N) is 2. The number of piperidine rings is 1. The summed E-state index contributed by atoms with van der Waals surface area (Å²) in [7, 11) is 0. The van der Waals surface area contributed by atoms with Crippen LogP contribution in [0.4, 0.5) is 5.82 Å². The van der Waals surface area contributed by atoms with Gasteiger partial charge in [-0.1, -0.05) is 0 Å². The van der Waals surface area contributed by atoms with Crippen LogP contribution in [0.2, 0.25) is 0 Å². The van der Waals surface area contributed by atoms with Gasteiger partial charge < -0.3 is 30.2 Å². The van der Waals surface area contributed by atoms with Crippen molar-refractivity contribution in [2.45, 2.75) is 71.1 Å². The first-order chi connectivity index (χ1) is 17.0. The molecule has 0 unspecified atom stereocenters. The van der Waals surface area contributed by atoms with Crippen molar-refractivity contribution in [2.24, 2.45) is 11.6 Å². The molecule has 196 valence electrons. The SMILES string of the molecule is Cc1nc2cc3nn2c(c1CC(=O)O)N1CCC(C)(CC1)O/C=C\CCOC(C)(C)/C(N)=C/N(N)C3. The predicted molar refractivity (Wildman–Crippen MR) is 136 cm³/mol. The highest BCUT2D eigenvalue weighted by Gasteiger charge is 2.34. The summed E-state index contributed by atoms with van der Waals surface area (Å²) in [6.45, 7) is 9.93. The van der Waals surface area contributed by atoms with Gasteiger partial charge in [-0.15, -0.1) is 0 Å². The van der Waals surface area contributed by atoms with Crippen LogP contribution in [0, 0.1) is 6.92 Å². The minimum atomic E-state index is -0.910. The molecular weight excluding hydrogens is 462 g/mol. The van der Waals surface area contributed by atoms with Crippen molar-refractivity contribution in [1.82, 2.24) is 19.6 Å². The number of rotatable bonds is 2.